The number of hydrogen-bond acceptors (Lipinski definition) is 3. The molecule has 0 spiro atoms. The van der Waals surface area contributed by atoms with Crippen LogP contribution in [0.2, 0.25) is 0 Å². The van der Waals surface area contributed by atoms with Crippen LogP contribution in [0.3, 0.4) is 0 Å². The number of methoxy groups -OCH3 is 1. The molecule has 0 bridgehead atoms. The molecular formula is C13H20N4O. The van der Waals surface area contributed by atoms with E-state index in [2.05, 4.69) is 20.6 Å². The van der Waals surface area contributed by atoms with Crippen LogP contribution in [0.25, 0.3) is 0 Å². The fourth-order valence-corrected chi connectivity index (χ4v) is 1.63. The number of nitrogens with one attached hydrogen (secondary N) is 2. The van der Waals surface area contributed by atoms with Gasteiger partial charge in [-0.15, -0.1) is 0 Å². The lowest BCUT2D eigenvalue weighted by atomic mass is 10.3. The van der Waals surface area contributed by atoms with Crippen molar-refractivity contribution in [2.24, 2.45) is 10.9 Å². The lowest BCUT2D eigenvalue weighted by molar-refractivity contribution is 0.396. The zero-order valence-electron chi connectivity index (χ0n) is 10.9. The van der Waals surface area contributed by atoms with Gasteiger partial charge in [0.15, 0.2) is 5.96 Å². The number of hydrogen-bond donors (Lipinski definition) is 2. The van der Waals surface area contributed by atoms with Gasteiger partial charge in [-0.05, 0) is 24.8 Å². The first kappa shape index (κ1) is 12.7. The van der Waals surface area contributed by atoms with Crippen LogP contribution in [0.1, 0.15) is 18.5 Å². The summed E-state index contributed by atoms with van der Waals surface area (Å²) in [5.74, 6) is 2.29. The van der Waals surface area contributed by atoms with E-state index in [9.17, 15) is 0 Å². The Bertz CT molecular complexity index is 415. The average Bonchev–Trinajstić information content (AvgIpc) is 3.23. The van der Waals surface area contributed by atoms with Crippen molar-refractivity contribution >= 4 is 5.96 Å². The van der Waals surface area contributed by atoms with Crippen LogP contribution in [0.15, 0.2) is 23.2 Å². The quantitative estimate of drug-likeness (QED) is 0.606. The molecule has 1 aliphatic carbocycles. The highest BCUT2D eigenvalue weighted by Crippen LogP contribution is 2.27. The topological polar surface area (TPSA) is 58.5 Å². The van der Waals surface area contributed by atoms with Crippen LogP contribution < -0.4 is 15.4 Å². The van der Waals surface area contributed by atoms with Gasteiger partial charge in [-0.1, -0.05) is 6.07 Å². The zero-order chi connectivity index (χ0) is 12.8. The molecule has 98 valence electrons. The second-order valence-electron chi connectivity index (χ2n) is 4.42. The molecule has 0 atom stereocenters. The Morgan fingerprint density at radius 1 is 1.44 bits per heavy atom. The first-order valence-electron chi connectivity index (χ1n) is 6.26. The maximum atomic E-state index is 5.09. The highest BCUT2D eigenvalue weighted by Gasteiger charge is 2.20. The van der Waals surface area contributed by atoms with Crippen molar-refractivity contribution in [3.05, 3.63) is 23.9 Å². The Kier molecular flexibility index (Phi) is 4.39. The fraction of sp³-hybridized carbons (Fsp3) is 0.538. The summed E-state index contributed by atoms with van der Waals surface area (Å²) in [7, 11) is 3.40. The monoisotopic (exact) mass is 248 g/mol. The van der Waals surface area contributed by atoms with E-state index < -0.39 is 0 Å². The van der Waals surface area contributed by atoms with Gasteiger partial charge in [-0.3, -0.25) is 4.99 Å². The summed E-state index contributed by atoms with van der Waals surface area (Å²) in [6, 6.07) is 5.73. The molecule has 2 rings (SSSR count). The number of aliphatic imine (C=N–C) groups is 1. The molecule has 2 N–H and O–H groups in total. The maximum absolute atomic E-state index is 5.09. The molecule has 1 aliphatic rings. The van der Waals surface area contributed by atoms with Crippen molar-refractivity contribution in [2.45, 2.75) is 19.4 Å². The van der Waals surface area contributed by atoms with Gasteiger partial charge in [0, 0.05) is 19.7 Å². The zero-order valence-corrected chi connectivity index (χ0v) is 10.9. The molecule has 0 aromatic carbocycles. The molecule has 0 amide bonds. The fourth-order valence-electron chi connectivity index (χ4n) is 1.63. The van der Waals surface area contributed by atoms with Gasteiger partial charge in [0.05, 0.1) is 19.3 Å². The van der Waals surface area contributed by atoms with Gasteiger partial charge in [0.2, 0.25) is 5.88 Å². The standard InChI is InChI=1S/C13H20N4O/c1-14-13(15-8-10-6-7-10)16-9-11-4-3-5-12(17-11)18-2/h3-5,10H,6-9H2,1-2H3,(H2,14,15,16). The molecule has 18 heavy (non-hydrogen) atoms. The molecule has 1 heterocycles. The third-order valence-electron chi connectivity index (χ3n) is 2.91. The van der Waals surface area contributed by atoms with Crippen LogP contribution in [0, 0.1) is 5.92 Å². The van der Waals surface area contributed by atoms with E-state index in [1.807, 2.05) is 18.2 Å². The summed E-state index contributed by atoms with van der Waals surface area (Å²) in [5, 5.41) is 6.55. The number of rotatable bonds is 5. The van der Waals surface area contributed by atoms with Crippen LogP contribution >= 0.6 is 0 Å². The first-order chi connectivity index (χ1) is 8.81. The minimum Gasteiger partial charge on any atom is -0.481 e. The summed E-state index contributed by atoms with van der Waals surface area (Å²) >= 11 is 0. The molecule has 1 aromatic rings. The lowest BCUT2D eigenvalue weighted by Crippen LogP contribution is -2.38. The molecule has 1 aromatic heterocycles. The SMILES string of the molecule is CN=C(NCc1cccc(OC)n1)NCC1CC1. The van der Waals surface area contributed by atoms with Crippen molar-refractivity contribution in [3.63, 3.8) is 0 Å². The molecule has 0 radical (unpaired) electrons. The Labute approximate surface area is 108 Å². The van der Waals surface area contributed by atoms with Gasteiger partial charge in [-0.2, -0.15) is 0 Å². The summed E-state index contributed by atoms with van der Waals surface area (Å²) in [4.78, 5) is 8.52. The average molecular weight is 248 g/mol. The molecule has 0 saturated heterocycles. The molecule has 1 saturated carbocycles. The number of ether oxygens (including phenoxy) is 1. The Balaban J connectivity index is 1.80. The lowest BCUT2D eigenvalue weighted by Gasteiger charge is -2.11. The van der Waals surface area contributed by atoms with E-state index in [-0.39, 0.29) is 0 Å². The largest absolute Gasteiger partial charge is 0.481 e. The molecule has 5 heteroatoms. The molecule has 0 aliphatic heterocycles. The van der Waals surface area contributed by atoms with E-state index in [0.717, 1.165) is 24.1 Å². The number of pyridine rings is 1. The number of nitrogens with zero attached hydrogens (tertiary/aromatic N) is 2. The highest BCUT2D eigenvalue weighted by atomic mass is 16.5. The molecule has 5 nitrogen and oxygen atoms in total. The number of guanidine groups is 1. The minimum absolute atomic E-state index is 0.634. The van der Waals surface area contributed by atoms with Crippen LogP contribution in [-0.2, 0) is 6.54 Å². The summed E-state index contributed by atoms with van der Waals surface area (Å²) < 4.78 is 5.09. The van der Waals surface area contributed by atoms with Gasteiger partial charge in [0.25, 0.3) is 0 Å². The smallest absolute Gasteiger partial charge is 0.213 e. The van der Waals surface area contributed by atoms with Crippen molar-refractivity contribution in [3.8, 4) is 5.88 Å². The molecular weight excluding hydrogens is 228 g/mol. The second-order valence-corrected chi connectivity index (χ2v) is 4.42. The van der Waals surface area contributed by atoms with E-state index in [0.29, 0.717) is 12.4 Å². The van der Waals surface area contributed by atoms with Gasteiger partial charge in [0.1, 0.15) is 0 Å². The van der Waals surface area contributed by atoms with E-state index >= 15 is 0 Å². The van der Waals surface area contributed by atoms with E-state index in [1.165, 1.54) is 12.8 Å². The van der Waals surface area contributed by atoms with E-state index in [4.69, 9.17) is 4.74 Å². The van der Waals surface area contributed by atoms with Crippen molar-refractivity contribution in [1.29, 1.82) is 0 Å². The van der Waals surface area contributed by atoms with Crippen molar-refractivity contribution in [2.75, 3.05) is 20.7 Å². The maximum Gasteiger partial charge on any atom is 0.213 e. The highest BCUT2D eigenvalue weighted by molar-refractivity contribution is 5.79. The Morgan fingerprint density at radius 3 is 2.94 bits per heavy atom. The number of aromatic nitrogens is 1. The third kappa shape index (κ3) is 3.91. The van der Waals surface area contributed by atoms with Crippen molar-refractivity contribution < 1.29 is 4.74 Å². The molecule has 1 fully saturated rings. The predicted octanol–water partition coefficient (Wildman–Crippen LogP) is 1.17. The predicted molar refractivity (Wildman–Crippen MR) is 71.7 cm³/mol. The van der Waals surface area contributed by atoms with Crippen LogP contribution in [0.4, 0.5) is 0 Å². The third-order valence-corrected chi connectivity index (χ3v) is 2.91. The minimum atomic E-state index is 0.634. The first-order valence-corrected chi connectivity index (χ1v) is 6.26. The van der Waals surface area contributed by atoms with E-state index in [1.54, 1.807) is 14.2 Å². The van der Waals surface area contributed by atoms with Crippen LogP contribution in [0.5, 0.6) is 5.88 Å². The van der Waals surface area contributed by atoms with Gasteiger partial charge < -0.3 is 15.4 Å². The summed E-state index contributed by atoms with van der Waals surface area (Å²) in [6.07, 6.45) is 2.67. The van der Waals surface area contributed by atoms with Crippen LogP contribution in [-0.4, -0.2) is 31.6 Å². The normalized spacial score (nSPS) is 15.3. The van der Waals surface area contributed by atoms with Gasteiger partial charge >= 0.3 is 0 Å². The second kappa shape index (κ2) is 6.23. The van der Waals surface area contributed by atoms with Gasteiger partial charge in [-0.25, -0.2) is 4.98 Å². The molecule has 0 unspecified atom stereocenters. The summed E-state index contributed by atoms with van der Waals surface area (Å²) in [5.41, 5.74) is 0.934. The van der Waals surface area contributed by atoms with Crippen molar-refractivity contribution in [1.82, 2.24) is 15.6 Å². The Hall–Kier alpha value is -1.78. The Morgan fingerprint density at radius 2 is 2.28 bits per heavy atom. The summed E-state index contributed by atoms with van der Waals surface area (Å²) in [6.45, 7) is 1.65.